The average Bonchev–Trinajstić information content (AvgIpc) is 3.21. The fourth-order valence-corrected chi connectivity index (χ4v) is 12.6. The first kappa shape index (κ1) is 61.7. The van der Waals surface area contributed by atoms with Gasteiger partial charge in [-0.3, -0.25) is 0 Å². The Kier molecular flexibility index (Phi) is 53.2. The molecule has 0 saturated heterocycles. The molecule has 0 heterocycles. The predicted octanol–water partition coefficient (Wildman–Crippen LogP) is 15.0. The molecule has 57 heavy (non-hydrogen) atoms. The number of carbonyl (C=O) groups is 2. The first-order valence-electron chi connectivity index (χ1n) is 25.0. The summed E-state index contributed by atoms with van der Waals surface area (Å²) in [6.45, 7) is 13.5. The van der Waals surface area contributed by atoms with Crippen LogP contribution in [0, 0.1) is 10.8 Å². The number of rotatable bonds is 42. The van der Waals surface area contributed by atoms with Crippen molar-refractivity contribution < 1.29 is 19.8 Å². The Morgan fingerprint density at radius 3 is 0.719 bits per heavy atom. The summed E-state index contributed by atoms with van der Waals surface area (Å²) >= 11 is 8.87. The van der Waals surface area contributed by atoms with Crippen LogP contribution in [0.25, 0.3) is 0 Å². The fourth-order valence-electron chi connectivity index (χ4n) is 7.51. The van der Waals surface area contributed by atoms with Crippen molar-refractivity contribution in [3.05, 3.63) is 0 Å². The van der Waals surface area contributed by atoms with E-state index in [1.165, 1.54) is 154 Å². The number of hydrogen-bond acceptors (Lipinski definition) is 6. The molecule has 0 atom stereocenters. The molecule has 0 aromatic rings. The van der Waals surface area contributed by atoms with Crippen LogP contribution in [0.5, 0.6) is 0 Å². The van der Waals surface area contributed by atoms with Crippen molar-refractivity contribution in [3.63, 3.8) is 0 Å². The molecular weight excluding hydrogens is 847 g/mol. The third-order valence-electron chi connectivity index (χ3n) is 11.9. The van der Waals surface area contributed by atoms with Gasteiger partial charge >= 0.3 is 69.5 Å². The van der Waals surface area contributed by atoms with Gasteiger partial charge in [0.2, 0.25) is 0 Å². The van der Waals surface area contributed by atoms with Crippen molar-refractivity contribution in [3.8, 4) is 0 Å². The van der Waals surface area contributed by atoms with E-state index in [1.54, 1.807) is 8.87 Å². The second-order valence-electron chi connectivity index (χ2n) is 17.4. The molecule has 0 amide bonds. The van der Waals surface area contributed by atoms with Gasteiger partial charge in [0, 0.05) is 34.3 Å². The number of unbranched alkanes of at least 4 members (excludes halogenated alkanes) is 26. The van der Waals surface area contributed by atoms with Crippen LogP contribution in [0.2, 0.25) is 8.87 Å². The molecule has 0 unspecified atom stereocenters. The maximum atomic E-state index is 11.7. The molecule has 0 N–H and O–H groups in total. The Bertz CT molecular complexity index is 711. The molecule has 7 heteroatoms. The molecule has 340 valence electrons. The minimum atomic E-state index is -0.880. The second kappa shape index (κ2) is 49.1. The van der Waals surface area contributed by atoms with Crippen molar-refractivity contribution in [2.24, 2.45) is 10.8 Å². The third kappa shape index (κ3) is 40.3. The van der Waals surface area contributed by atoms with Gasteiger partial charge < -0.3 is 19.8 Å². The van der Waals surface area contributed by atoms with E-state index in [1.807, 2.05) is 0 Å². The maximum absolute atomic E-state index is 11.7. The summed E-state index contributed by atoms with van der Waals surface area (Å²) in [4.78, 5) is 23.4. The summed E-state index contributed by atoms with van der Waals surface area (Å²) in [5.41, 5.74) is -1.40. The molecule has 0 bridgehead atoms. The van der Waals surface area contributed by atoms with Crippen molar-refractivity contribution in [1.29, 1.82) is 0 Å². The Labute approximate surface area is 379 Å². The monoisotopic (exact) mass is 949 g/mol. The van der Waals surface area contributed by atoms with Gasteiger partial charge in [0.05, 0.1) is 0 Å². The van der Waals surface area contributed by atoms with Crippen LogP contribution < -0.4 is 10.2 Å². The first-order valence-corrected chi connectivity index (χ1v) is 30.3. The van der Waals surface area contributed by atoms with E-state index in [4.69, 9.17) is 0 Å². The van der Waals surface area contributed by atoms with Gasteiger partial charge in [0.15, 0.2) is 0 Å². The number of aliphatic carboxylic acids is 2. The van der Waals surface area contributed by atoms with E-state index in [9.17, 15) is 19.8 Å². The van der Waals surface area contributed by atoms with Crippen LogP contribution in [-0.4, -0.2) is 44.6 Å². The predicted molar refractivity (Wildman–Crippen MR) is 258 cm³/mol. The fraction of sp³-hybridized carbons (Fsp3) is 0.960. The average molecular weight is 948 g/mol. The number of carbonyl (C=O) groups excluding carboxylic acids is 2. The van der Waals surface area contributed by atoms with Gasteiger partial charge in [-0.1, -0.05) is 207 Å². The van der Waals surface area contributed by atoms with E-state index in [0.717, 1.165) is 77.0 Å². The molecule has 0 aliphatic heterocycles. The standard InChI is InChI=1S/2C21H42O2S.2C4H9.Sn/c2*1-3-5-7-9-11-13-15-17-21(19-24,20(22)23)18-16-14-12-10-8-6-4-2;2*1-3-4-2;/h2*24H,3-19H2,1-2H3,(H,22,23);2*1,3-4H2,2H3;/q;;;;+2/p-2. The van der Waals surface area contributed by atoms with Crippen LogP contribution in [-0.2, 0) is 9.59 Å². The summed E-state index contributed by atoms with van der Waals surface area (Å²) in [7, 11) is 0. The quantitative estimate of drug-likeness (QED) is 0.0363. The SMILES string of the molecule is CCCCCCCCCC(CS)(CCCCCCCCC)C(=O)[O-].CCCCCCCCCC(CS)(CCCCCCCCC)C(=O)[O-].CCC[CH2][Sn+2][CH2]CCC. The van der Waals surface area contributed by atoms with E-state index in [0.29, 0.717) is 11.5 Å². The zero-order valence-electron chi connectivity index (χ0n) is 39.3. The van der Waals surface area contributed by atoms with Gasteiger partial charge in [0.1, 0.15) is 0 Å². The number of carboxylic acids is 2. The van der Waals surface area contributed by atoms with Gasteiger partial charge in [-0.05, 0) is 25.7 Å². The number of hydrogen-bond donors (Lipinski definition) is 2. The molecule has 4 nitrogen and oxygen atoms in total. The summed E-state index contributed by atoms with van der Waals surface area (Å²) in [6.07, 6.45) is 43.0. The molecule has 0 aromatic heterocycles. The first-order chi connectivity index (χ1) is 27.7. The Morgan fingerprint density at radius 1 is 0.351 bits per heavy atom. The van der Waals surface area contributed by atoms with E-state index in [-0.39, 0.29) is 21.1 Å². The molecule has 0 saturated carbocycles. The van der Waals surface area contributed by atoms with Crippen LogP contribution in [0.15, 0.2) is 0 Å². The van der Waals surface area contributed by atoms with Crippen molar-refractivity contribution in [2.45, 2.75) is 282 Å². The third-order valence-corrected chi connectivity index (χ3v) is 17.2. The zero-order chi connectivity index (χ0) is 43.1. The van der Waals surface area contributed by atoms with Crippen molar-refractivity contribution >= 4 is 58.3 Å². The molecule has 0 aromatic carbocycles. The molecule has 0 aliphatic carbocycles. The van der Waals surface area contributed by atoms with Crippen LogP contribution >= 0.6 is 25.3 Å². The van der Waals surface area contributed by atoms with Gasteiger partial charge in [-0.25, -0.2) is 0 Å². The number of carboxylic acid groups (broad SMARTS) is 2. The van der Waals surface area contributed by atoms with E-state index in [2.05, 4.69) is 66.8 Å². The zero-order valence-corrected chi connectivity index (χ0v) is 44.0. The van der Waals surface area contributed by atoms with E-state index >= 15 is 0 Å². The Balaban J connectivity index is -0.000000843. The Hall–Kier alpha value is 0.439. The van der Waals surface area contributed by atoms with E-state index < -0.39 is 22.8 Å². The van der Waals surface area contributed by atoms with Gasteiger partial charge in [-0.2, -0.15) is 25.3 Å². The normalized spacial score (nSPS) is 11.4. The number of thiol groups is 2. The van der Waals surface area contributed by atoms with Crippen molar-refractivity contribution in [2.75, 3.05) is 11.5 Å². The summed E-state index contributed by atoms with van der Waals surface area (Å²) in [5.74, 6) is -0.925. The molecule has 0 spiro atoms. The summed E-state index contributed by atoms with van der Waals surface area (Å²) < 4.78 is 3.25. The van der Waals surface area contributed by atoms with Gasteiger partial charge in [-0.15, -0.1) is 0 Å². The molecule has 0 rings (SSSR count). The summed E-state index contributed by atoms with van der Waals surface area (Å²) in [5, 5.41) is 23.4. The Morgan fingerprint density at radius 2 is 0.544 bits per heavy atom. The van der Waals surface area contributed by atoms with Crippen LogP contribution in [0.1, 0.15) is 273 Å². The van der Waals surface area contributed by atoms with Crippen LogP contribution in [0.3, 0.4) is 0 Å². The second-order valence-corrected chi connectivity index (χ2v) is 22.3. The van der Waals surface area contributed by atoms with Gasteiger partial charge in [0.25, 0.3) is 0 Å². The molecule has 0 fully saturated rings. The van der Waals surface area contributed by atoms with Crippen molar-refractivity contribution in [1.82, 2.24) is 0 Å². The summed E-state index contributed by atoms with van der Waals surface area (Å²) in [6, 6.07) is 0. The topological polar surface area (TPSA) is 80.3 Å². The molecular formula is C50H100O4S2Sn. The van der Waals surface area contributed by atoms with Crippen LogP contribution in [0.4, 0.5) is 0 Å². The molecule has 0 radical (unpaired) electrons. The minimum absolute atomic E-state index is 0.149. The molecule has 0 aliphatic rings.